The fraction of sp³-hybridized carbons (Fsp3) is 0.550. The minimum Gasteiger partial charge on any atom is -0.466 e. The maximum atomic E-state index is 14.7. The van der Waals surface area contributed by atoms with Crippen molar-refractivity contribution in [2.75, 3.05) is 51.4 Å². The molecule has 2 rings (SSSR count). The predicted octanol–water partition coefficient (Wildman–Crippen LogP) is 2.53. The average Bonchev–Trinajstić information content (AvgIpc) is 2.71. The number of hydrogen-bond acceptors (Lipinski definition) is 7. The summed E-state index contributed by atoms with van der Waals surface area (Å²) in [5.74, 6) is -6.23. The molecule has 1 aromatic rings. The zero-order valence-electron chi connectivity index (χ0n) is 17.6. The Kier molecular flexibility index (Phi) is 8.66. The van der Waals surface area contributed by atoms with Crippen LogP contribution in [0.5, 0.6) is 0 Å². The number of morpholine rings is 1. The van der Waals surface area contributed by atoms with Gasteiger partial charge in [-0.1, -0.05) is 0 Å². The van der Waals surface area contributed by atoms with Gasteiger partial charge in [0.05, 0.1) is 38.0 Å². The van der Waals surface area contributed by atoms with Crippen LogP contribution in [-0.2, 0) is 19.0 Å². The summed E-state index contributed by atoms with van der Waals surface area (Å²) in [7, 11) is 1.49. The Labute approximate surface area is 177 Å². The molecule has 172 valence electrons. The second-order valence-electron chi connectivity index (χ2n) is 6.81. The Morgan fingerprint density at radius 3 is 2.48 bits per heavy atom. The number of Topliss-reactive ketones (excluding diaryl/α,β-unsaturated/α-hetero) is 1. The van der Waals surface area contributed by atoms with Crippen LogP contribution in [0.4, 0.5) is 23.7 Å². The van der Waals surface area contributed by atoms with Crippen molar-refractivity contribution in [1.82, 2.24) is 4.90 Å². The van der Waals surface area contributed by atoms with Crippen LogP contribution in [0.25, 0.3) is 0 Å². The third kappa shape index (κ3) is 6.09. The Balaban J connectivity index is 2.18. The lowest BCUT2D eigenvalue weighted by molar-refractivity contribution is -0.141. The summed E-state index contributed by atoms with van der Waals surface area (Å²) in [5.41, 5.74) is -1.50. The van der Waals surface area contributed by atoms with E-state index in [1.807, 2.05) is 0 Å². The first-order chi connectivity index (χ1) is 14.7. The number of anilines is 1. The van der Waals surface area contributed by atoms with Gasteiger partial charge in [0.15, 0.2) is 17.4 Å². The lowest BCUT2D eigenvalue weighted by Gasteiger charge is -2.36. The van der Waals surface area contributed by atoms with Gasteiger partial charge in [-0.3, -0.25) is 9.59 Å². The van der Waals surface area contributed by atoms with Gasteiger partial charge in [0.2, 0.25) is 0 Å². The van der Waals surface area contributed by atoms with Crippen LogP contribution in [0.15, 0.2) is 6.07 Å². The molecule has 8 nitrogen and oxygen atoms in total. The second kappa shape index (κ2) is 11.0. The summed E-state index contributed by atoms with van der Waals surface area (Å²) < 4.78 is 59.0. The van der Waals surface area contributed by atoms with Gasteiger partial charge >= 0.3 is 12.1 Å². The Bertz CT molecular complexity index is 836. The molecule has 1 amide bonds. The van der Waals surface area contributed by atoms with Crippen LogP contribution in [0.1, 0.15) is 30.6 Å². The van der Waals surface area contributed by atoms with Gasteiger partial charge in [-0.25, -0.2) is 18.0 Å². The van der Waals surface area contributed by atoms with Gasteiger partial charge in [0.25, 0.3) is 0 Å². The van der Waals surface area contributed by atoms with Crippen molar-refractivity contribution >= 4 is 23.5 Å². The van der Waals surface area contributed by atoms with Crippen molar-refractivity contribution < 1.29 is 41.8 Å². The third-order valence-corrected chi connectivity index (χ3v) is 4.56. The van der Waals surface area contributed by atoms with E-state index in [-0.39, 0.29) is 39.5 Å². The quantitative estimate of drug-likeness (QED) is 0.263. The SMILES string of the molecule is CCOC(=O)CC(=O)c1cc(F)c(N2CCOC(CN(C)C(=O)OCC)C2)c(F)c1F. The molecule has 31 heavy (non-hydrogen) atoms. The Morgan fingerprint density at radius 1 is 1.16 bits per heavy atom. The number of halogens is 3. The van der Waals surface area contributed by atoms with Crippen LogP contribution in [0.2, 0.25) is 0 Å². The zero-order valence-corrected chi connectivity index (χ0v) is 17.6. The van der Waals surface area contributed by atoms with Gasteiger partial charge in [-0.15, -0.1) is 0 Å². The van der Waals surface area contributed by atoms with Crippen LogP contribution < -0.4 is 4.90 Å². The van der Waals surface area contributed by atoms with E-state index >= 15 is 0 Å². The summed E-state index contributed by atoms with van der Waals surface area (Å²) in [6.45, 7) is 3.62. The van der Waals surface area contributed by atoms with E-state index in [9.17, 15) is 27.6 Å². The van der Waals surface area contributed by atoms with Crippen molar-refractivity contribution in [3.05, 3.63) is 29.1 Å². The summed E-state index contributed by atoms with van der Waals surface area (Å²) in [5, 5.41) is 0. The fourth-order valence-electron chi connectivity index (χ4n) is 3.16. The molecule has 0 aromatic heterocycles. The highest BCUT2D eigenvalue weighted by atomic mass is 19.2. The predicted molar refractivity (Wildman–Crippen MR) is 104 cm³/mol. The molecule has 0 aliphatic carbocycles. The molecule has 1 aliphatic rings. The molecule has 1 aliphatic heterocycles. The zero-order chi connectivity index (χ0) is 23.1. The molecule has 11 heteroatoms. The van der Waals surface area contributed by atoms with Gasteiger partial charge < -0.3 is 24.0 Å². The lowest BCUT2D eigenvalue weighted by Crippen LogP contribution is -2.48. The molecule has 0 saturated carbocycles. The van der Waals surface area contributed by atoms with E-state index in [4.69, 9.17) is 9.47 Å². The maximum Gasteiger partial charge on any atom is 0.409 e. The molecule has 1 heterocycles. The third-order valence-electron chi connectivity index (χ3n) is 4.56. The lowest BCUT2D eigenvalue weighted by atomic mass is 10.0. The highest BCUT2D eigenvalue weighted by Crippen LogP contribution is 2.30. The second-order valence-corrected chi connectivity index (χ2v) is 6.81. The number of nitrogens with zero attached hydrogens (tertiary/aromatic N) is 2. The molecular formula is C20H25F3N2O6. The number of ether oxygens (including phenoxy) is 3. The molecular weight excluding hydrogens is 421 g/mol. The van der Waals surface area contributed by atoms with Crippen LogP contribution in [0.3, 0.4) is 0 Å². The molecule has 1 unspecified atom stereocenters. The van der Waals surface area contributed by atoms with Gasteiger partial charge in [-0.05, 0) is 19.9 Å². The van der Waals surface area contributed by atoms with Gasteiger partial charge in [0, 0.05) is 20.1 Å². The number of ketones is 1. The Morgan fingerprint density at radius 2 is 1.84 bits per heavy atom. The molecule has 1 fully saturated rings. The number of rotatable bonds is 8. The smallest absolute Gasteiger partial charge is 0.409 e. The number of carbonyl (C=O) groups excluding carboxylic acids is 3. The molecule has 0 radical (unpaired) electrons. The van der Waals surface area contributed by atoms with E-state index < -0.39 is 59.1 Å². The molecule has 0 N–H and O–H groups in total. The summed E-state index contributed by atoms with van der Waals surface area (Å²) in [6.07, 6.45) is -2.01. The van der Waals surface area contributed by atoms with Gasteiger partial charge in [0.1, 0.15) is 17.9 Å². The summed E-state index contributed by atoms with van der Waals surface area (Å²) in [6, 6.07) is 0.574. The van der Waals surface area contributed by atoms with Crippen LogP contribution in [0, 0.1) is 17.5 Å². The van der Waals surface area contributed by atoms with E-state index in [2.05, 4.69) is 4.74 Å². The number of esters is 1. The average molecular weight is 446 g/mol. The van der Waals surface area contributed by atoms with Crippen molar-refractivity contribution in [3.63, 3.8) is 0 Å². The largest absolute Gasteiger partial charge is 0.466 e. The van der Waals surface area contributed by atoms with Crippen molar-refractivity contribution in [3.8, 4) is 0 Å². The summed E-state index contributed by atoms with van der Waals surface area (Å²) in [4.78, 5) is 37.8. The fourth-order valence-corrected chi connectivity index (χ4v) is 3.16. The maximum absolute atomic E-state index is 14.7. The highest BCUT2D eigenvalue weighted by molar-refractivity contribution is 6.06. The van der Waals surface area contributed by atoms with Crippen LogP contribution in [-0.4, -0.2) is 75.4 Å². The first-order valence-electron chi connectivity index (χ1n) is 9.80. The van der Waals surface area contributed by atoms with E-state index in [0.29, 0.717) is 6.07 Å². The summed E-state index contributed by atoms with van der Waals surface area (Å²) >= 11 is 0. The van der Waals surface area contributed by atoms with E-state index in [1.165, 1.54) is 23.8 Å². The number of carbonyl (C=O) groups is 3. The highest BCUT2D eigenvalue weighted by Gasteiger charge is 2.31. The number of amides is 1. The van der Waals surface area contributed by atoms with Crippen molar-refractivity contribution in [2.45, 2.75) is 26.4 Å². The Hall–Kier alpha value is -2.82. The molecule has 1 aromatic carbocycles. The van der Waals surface area contributed by atoms with Crippen molar-refractivity contribution in [2.24, 2.45) is 0 Å². The van der Waals surface area contributed by atoms with E-state index in [0.717, 1.165) is 0 Å². The number of benzene rings is 1. The topological polar surface area (TPSA) is 85.4 Å². The van der Waals surface area contributed by atoms with Crippen molar-refractivity contribution in [1.29, 1.82) is 0 Å². The minimum absolute atomic E-state index is 0.0137. The van der Waals surface area contributed by atoms with Gasteiger partial charge in [-0.2, -0.15) is 0 Å². The standard InChI is InChI=1S/C20H25F3N2O6/c1-4-29-16(27)9-15(26)13-8-14(21)19(18(23)17(13)22)25-6-7-31-12(11-25)10-24(3)20(28)30-5-2/h8,12H,4-7,9-11H2,1-3H3. The molecule has 0 bridgehead atoms. The molecule has 0 spiro atoms. The molecule has 1 atom stereocenters. The molecule has 1 saturated heterocycles. The first-order valence-corrected chi connectivity index (χ1v) is 9.80. The van der Waals surface area contributed by atoms with Crippen LogP contribution >= 0.6 is 0 Å². The normalized spacial score (nSPS) is 16.1. The number of likely N-dealkylation sites (N-methyl/N-ethyl adjacent to an activating group) is 1. The van der Waals surface area contributed by atoms with E-state index in [1.54, 1.807) is 6.92 Å². The monoisotopic (exact) mass is 446 g/mol. The first kappa shape index (κ1) is 24.4. The minimum atomic E-state index is -1.54. The number of hydrogen-bond donors (Lipinski definition) is 0.